The zero-order chi connectivity index (χ0) is 29.9. The largest absolute Gasteiger partial charge is 0.460 e. The molecular weight excluding hydrogens is 584 g/mol. The third-order valence-corrected chi connectivity index (χ3v) is 4.28. The first-order chi connectivity index (χ1) is 15.9. The van der Waals surface area contributed by atoms with Crippen molar-refractivity contribution in [3.8, 4) is 11.8 Å². The Morgan fingerprint density at radius 1 is 0.459 bits per heavy atom. The summed E-state index contributed by atoms with van der Waals surface area (Å²) in [5.41, 5.74) is -3.05. The molecule has 0 aliphatic heterocycles. The molecule has 0 unspecified atom stereocenters. The molecule has 0 amide bonds. The van der Waals surface area contributed by atoms with Crippen molar-refractivity contribution in [2.45, 2.75) is 53.8 Å². The van der Waals surface area contributed by atoms with Crippen LogP contribution in [0.4, 0.5) is 87.8 Å². The van der Waals surface area contributed by atoms with Gasteiger partial charge in [0.05, 0.1) is 5.56 Å². The lowest BCUT2D eigenvalue weighted by Gasteiger charge is -2.42. The molecule has 1 rings (SSSR count). The highest BCUT2D eigenvalue weighted by Crippen LogP contribution is 2.63. The Morgan fingerprint density at radius 2 is 0.838 bits per heavy atom. The van der Waals surface area contributed by atoms with Crippen molar-refractivity contribution in [3.63, 3.8) is 0 Å². The van der Waals surface area contributed by atoms with Crippen molar-refractivity contribution in [2.24, 2.45) is 0 Å². The number of alkyl halides is 20. The molecule has 20 heteroatoms. The zero-order valence-electron chi connectivity index (χ0n) is 16.4. The molecule has 0 aromatic heterocycles. The Hall–Kier alpha value is -2.62. The zero-order valence-corrected chi connectivity index (χ0v) is 16.4. The van der Waals surface area contributed by atoms with Crippen LogP contribution in [0.25, 0.3) is 0 Å². The van der Waals surface area contributed by atoms with Crippen LogP contribution >= 0.6 is 0 Å². The van der Waals surface area contributed by atoms with E-state index < -0.39 is 64.9 Å². The van der Waals surface area contributed by atoms with Crippen LogP contribution in [-0.4, -0.2) is 47.6 Å². The number of halogens is 20. The third kappa shape index (κ3) is 4.84. The second-order valence-corrected chi connectivity index (χ2v) is 6.85. The van der Waals surface area contributed by atoms with Gasteiger partial charge in [0.1, 0.15) is 0 Å². The van der Waals surface area contributed by atoms with Crippen LogP contribution in [0.1, 0.15) is 11.1 Å². The number of hydrogen-bond donors (Lipinski definition) is 0. The van der Waals surface area contributed by atoms with E-state index in [0.717, 1.165) is 0 Å². The van der Waals surface area contributed by atoms with Gasteiger partial charge in [-0.3, -0.25) is 0 Å². The van der Waals surface area contributed by atoms with Crippen molar-refractivity contribution in [2.75, 3.05) is 0 Å². The standard InChI is InChI=1S/C17H4F20/c18-9(19,5-4-7-2-1-3-8(6-7)10(20,21)22)11(23,24)12(25,26)13(27,28)14(29,30)15(31,32)16(33,34)17(35,36)37/h1-3,6H. The minimum Gasteiger partial charge on any atom is -0.192 e. The van der Waals surface area contributed by atoms with Gasteiger partial charge in [0.15, 0.2) is 0 Å². The summed E-state index contributed by atoms with van der Waals surface area (Å²) in [6, 6.07) is 0.778. The Labute approximate surface area is 190 Å². The molecule has 1 aromatic carbocycles. The van der Waals surface area contributed by atoms with E-state index in [1.54, 1.807) is 0 Å². The summed E-state index contributed by atoms with van der Waals surface area (Å²) in [4.78, 5) is 0. The van der Waals surface area contributed by atoms with Gasteiger partial charge < -0.3 is 0 Å². The van der Waals surface area contributed by atoms with Gasteiger partial charge in [-0.15, -0.1) is 0 Å². The molecule has 0 atom stereocenters. The fourth-order valence-corrected chi connectivity index (χ4v) is 2.17. The van der Waals surface area contributed by atoms with E-state index in [-0.39, 0.29) is 18.1 Å². The SMILES string of the molecule is FC(F)(F)c1cccc(C#CC(F)(F)C(F)(F)C(F)(F)C(F)(F)C(F)(F)C(F)(F)C(F)(F)C(F)(F)F)c1. The van der Waals surface area contributed by atoms with Gasteiger partial charge in [-0.2, -0.15) is 87.8 Å². The lowest BCUT2D eigenvalue weighted by Crippen LogP contribution is -2.74. The molecule has 0 saturated carbocycles. The average Bonchev–Trinajstić information content (AvgIpc) is 2.70. The molecule has 0 radical (unpaired) electrons. The van der Waals surface area contributed by atoms with Crippen LogP contribution < -0.4 is 0 Å². The minimum absolute atomic E-state index is 0.179. The summed E-state index contributed by atoms with van der Waals surface area (Å²) in [7, 11) is 0. The van der Waals surface area contributed by atoms with Crippen LogP contribution in [0.5, 0.6) is 0 Å². The highest BCUT2D eigenvalue weighted by Gasteiger charge is 2.95. The molecule has 0 N–H and O–H groups in total. The number of rotatable bonds is 6. The van der Waals surface area contributed by atoms with Crippen LogP contribution in [0.3, 0.4) is 0 Å². The molecule has 0 saturated heterocycles. The minimum atomic E-state index is -8.78. The highest BCUT2D eigenvalue weighted by molar-refractivity contribution is 5.40. The van der Waals surface area contributed by atoms with Gasteiger partial charge in [-0.1, -0.05) is 12.0 Å². The van der Waals surface area contributed by atoms with E-state index in [0.29, 0.717) is 18.1 Å². The van der Waals surface area contributed by atoms with Gasteiger partial charge >= 0.3 is 53.8 Å². The fourth-order valence-electron chi connectivity index (χ4n) is 2.17. The van der Waals surface area contributed by atoms with Crippen molar-refractivity contribution in [1.82, 2.24) is 0 Å². The van der Waals surface area contributed by atoms with Crippen molar-refractivity contribution in [3.05, 3.63) is 35.4 Å². The van der Waals surface area contributed by atoms with Crippen molar-refractivity contribution < 1.29 is 87.8 Å². The van der Waals surface area contributed by atoms with Gasteiger partial charge in [-0.25, -0.2) is 0 Å². The maximum atomic E-state index is 13.6. The maximum absolute atomic E-state index is 13.6. The average molecular weight is 588 g/mol. The van der Waals surface area contributed by atoms with Crippen LogP contribution in [0.15, 0.2) is 24.3 Å². The number of benzene rings is 1. The molecule has 37 heavy (non-hydrogen) atoms. The van der Waals surface area contributed by atoms with Crippen LogP contribution in [-0.2, 0) is 6.18 Å². The summed E-state index contributed by atoms with van der Waals surface area (Å²) < 4.78 is 261. The first kappa shape index (κ1) is 32.4. The van der Waals surface area contributed by atoms with Gasteiger partial charge in [0.25, 0.3) is 0 Å². The molecule has 0 bridgehead atoms. The molecule has 0 heterocycles. The summed E-state index contributed by atoms with van der Waals surface area (Å²) in [5, 5.41) is 0. The van der Waals surface area contributed by atoms with E-state index >= 15 is 0 Å². The summed E-state index contributed by atoms with van der Waals surface area (Å²) in [5.74, 6) is -57.6. The summed E-state index contributed by atoms with van der Waals surface area (Å²) >= 11 is 0. The molecular formula is C17H4F20. The lowest BCUT2D eigenvalue weighted by molar-refractivity contribution is -0.459. The van der Waals surface area contributed by atoms with Crippen molar-refractivity contribution >= 4 is 0 Å². The molecule has 0 aliphatic carbocycles. The molecule has 1 aromatic rings. The first-order valence-corrected chi connectivity index (χ1v) is 8.35. The monoisotopic (exact) mass is 588 g/mol. The highest BCUT2D eigenvalue weighted by atomic mass is 19.4. The molecule has 0 nitrogen and oxygen atoms in total. The van der Waals surface area contributed by atoms with E-state index in [9.17, 15) is 87.8 Å². The van der Waals surface area contributed by atoms with E-state index in [1.807, 2.05) is 0 Å². The molecule has 0 spiro atoms. The van der Waals surface area contributed by atoms with Gasteiger partial charge in [0, 0.05) is 5.56 Å². The van der Waals surface area contributed by atoms with E-state index in [1.165, 1.54) is 0 Å². The second-order valence-electron chi connectivity index (χ2n) is 6.85. The number of hydrogen-bond acceptors (Lipinski definition) is 0. The van der Waals surface area contributed by atoms with Crippen molar-refractivity contribution in [1.29, 1.82) is 0 Å². The van der Waals surface area contributed by atoms with E-state index in [2.05, 4.69) is 0 Å². The summed E-state index contributed by atoms with van der Waals surface area (Å²) in [6.45, 7) is 0. The van der Waals surface area contributed by atoms with Crippen LogP contribution in [0.2, 0.25) is 0 Å². The second kappa shape index (κ2) is 8.71. The predicted octanol–water partition coefficient (Wildman–Crippen LogP) is 8.07. The molecule has 0 aliphatic rings. The Balaban J connectivity index is 3.64. The Morgan fingerprint density at radius 3 is 1.22 bits per heavy atom. The van der Waals surface area contributed by atoms with E-state index in [4.69, 9.17) is 0 Å². The molecule has 0 fully saturated rings. The predicted molar refractivity (Wildman–Crippen MR) is 79.0 cm³/mol. The normalized spacial score (nSPS) is 15.4. The lowest BCUT2D eigenvalue weighted by atomic mass is 9.89. The third-order valence-electron chi connectivity index (χ3n) is 4.28. The Kier molecular flexibility index (Phi) is 7.63. The first-order valence-electron chi connectivity index (χ1n) is 8.35. The summed E-state index contributed by atoms with van der Waals surface area (Å²) in [6.07, 6.45) is -13.1. The molecule has 212 valence electrons. The topological polar surface area (TPSA) is 0 Å². The quantitative estimate of drug-likeness (QED) is 0.233. The Bertz CT molecular complexity index is 1050. The maximum Gasteiger partial charge on any atom is 0.460 e. The van der Waals surface area contributed by atoms with Gasteiger partial charge in [0.2, 0.25) is 0 Å². The fraction of sp³-hybridized carbons (Fsp3) is 0.529. The van der Waals surface area contributed by atoms with Gasteiger partial charge in [-0.05, 0) is 24.1 Å². The van der Waals surface area contributed by atoms with Crippen LogP contribution in [0, 0.1) is 11.8 Å². The smallest absolute Gasteiger partial charge is 0.192 e.